The highest BCUT2D eigenvalue weighted by Crippen LogP contribution is 2.25. The summed E-state index contributed by atoms with van der Waals surface area (Å²) >= 11 is 0. The van der Waals surface area contributed by atoms with E-state index in [9.17, 15) is 9.90 Å². The van der Waals surface area contributed by atoms with Gasteiger partial charge in [0.25, 0.3) is 5.91 Å². The zero-order chi connectivity index (χ0) is 18.7. The van der Waals surface area contributed by atoms with Crippen LogP contribution in [0.3, 0.4) is 0 Å². The molecule has 0 radical (unpaired) electrons. The highest BCUT2D eigenvalue weighted by molar-refractivity contribution is 6.00. The lowest BCUT2D eigenvalue weighted by Gasteiger charge is -2.26. The minimum atomic E-state index is -0.630. The zero-order valence-electron chi connectivity index (χ0n) is 15.3. The summed E-state index contributed by atoms with van der Waals surface area (Å²) in [6.07, 6.45) is -0.104. The van der Waals surface area contributed by atoms with Crippen LogP contribution in [-0.4, -0.2) is 47.4 Å². The van der Waals surface area contributed by atoms with Crippen molar-refractivity contribution in [1.82, 2.24) is 4.90 Å². The van der Waals surface area contributed by atoms with E-state index in [1.807, 2.05) is 36.4 Å². The van der Waals surface area contributed by atoms with Gasteiger partial charge in [-0.2, -0.15) is 0 Å². The third kappa shape index (κ3) is 3.63. The third-order valence-corrected chi connectivity index (χ3v) is 4.82. The Bertz CT molecular complexity index is 812. The van der Waals surface area contributed by atoms with Gasteiger partial charge in [0, 0.05) is 12.0 Å². The summed E-state index contributed by atoms with van der Waals surface area (Å²) < 4.78 is 0. The molecule has 1 saturated heterocycles. The van der Waals surface area contributed by atoms with E-state index in [1.54, 1.807) is 11.8 Å². The number of nitrogens with zero attached hydrogens (tertiary/aromatic N) is 2. The molecule has 0 unspecified atom stereocenters. The van der Waals surface area contributed by atoms with Gasteiger partial charge in [0.05, 0.1) is 24.4 Å². The second-order valence-corrected chi connectivity index (χ2v) is 6.68. The predicted molar refractivity (Wildman–Crippen MR) is 102 cm³/mol. The molecular formula is C21H24N2O3. The smallest absolute Gasteiger partial charge is 0.254 e. The van der Waals surface area contributed by atoms with Gasteiger partial charge < -0.3 is 14.8 Å². The predicted octanol–water partition coefficient (Wildman–Crippen LogP) is 3.26. The number of hydrogen-bond acceptors (Lipinski definition) is 4. The molecule has 2 aromatic carbocycles. The summed E-state index contributed by atoms with van der Waals surface area (Å²) in [7, 11) is 1.49. The molecule has 2 atom stereocenters. The van der Waals surface area contributed by atoms with Gasteiger partial charge in [-0.3, -0.25) is 4.79 Å². The first kappa shape index (κ1) is 18.1. The maximum Gasteiger partial charge on any atom is 0.254 e. The van der Waals surface area contributed by atoms with Crippen LogP contribution in [0.25, 0.3) is 11.1 Å². The number of carbonyl (C=O) groups is 1. The van der Waals surface area contributed by atoms with Crippen molar-refractivity contribution in [3.8, 4) is 11.1 Å². The molecule has 5 heteroatoms. The first-order valence-corrected chi connectivity index (χ1v) is 8.75. The number of oxime groups is 1. The Balaban J connectivity index is 1.83. The number of likely N-dealkylation sites (tertiary alicyclic amines) is 1. The molecule has 0 aliphatic carbocycles. The first-order valence-electron chi connectivity index (χ1n) is 8.75. The number of aryl methyl sites for hydroxylation is 1. The summed E-state index contributed by atoms with van der Waals surface area (Å²) in [6.45, 7) is 4.15. The second-order valence-electron chi connectivity index (χ2n) is 6.68. The van der Waals surface area contributed by atoms with E-state index in [0.717, 1.165) is 16.8 Å². The summed E-state index contributed by atoms with van der Waals surface area (Å²) in [6, 6.07) is 15.5. The molecule has 5 nitrogen and oxygen atoms in total. The number of benzene rings is 2. The molecule has 1 aliphatic heterocycles. The Kier molecular flexibility index (Phi) is 5.38. The van der Waals surface area contributed by atoms with Gasteiger partial charge in [-0.05, 0) is 42.7 Å². The highest BCUT2D eigenvalue weighted by atomic mass is 16.6. The number of aliphatic hydroxyl groups excluding tert-OH is 1. The molecule has 2 aromatic rings. The van der Waals surface area contributed by atoms with Crippen molar-refractivity contribution in [3.05, 3.63) is 59.7 Å². The van der Waals surface area contributed by atoms with E-state index in [2.05, 4.69) is 24.2 Å². The van der Waals surface area contributed by atoms with Crippen molar-refractivity contribution in [2.24, 2.45) is 5.16 Å². The van der Waals surface area contributed by atoms with Crippen LogP contribution < -0.4 is 0 Å². The fourth-order valence-electron chi connectivity index (χ4n) is 3.43. The first-order chi connectivity index (χ1) is 12.5. The minimum Gasteiger partial charge on any atom is -0.399 e. The summed E-state index contributed by atoms with van der Waals surface area (Å²) in [4.78, 5) is 19.4. The number of carbonyl (C=O) groups excluding carboxylic acids is 1. The Hall–Kier alpha value is -2.66. The Morgan fingerprint density at radius 2 is 1.92 bits per heavy atom. The molecule has 1 fully saturated rings. The fraction of sp³-hybridized carbons (Fsp3) is 0.333. The van der Waals surface area contributed by atoms with Crippen LogP contribution in [0.1, 0.15) is 29.3 Å². The summed E-state index contributed by atoms with van der Waals surface area (Å²) in [5.41, 5.74) is 4.80. The van der Waals surface area contributed by atoms with Crippen LogP contribution in [0.15, 0.2) is 53.7 Å². The Labute approximate surface area is 153 Å². The van der Waals surface area contributed by atoms with Gasteiger partial charge in [0.1, 0.15) is 7.11 Å². The van der Waals surface area contributed by atoms with Crippen LogP contribution in [0.4, 0.5) is 0 Å². The molecule has 0 aromatic heterocycles. The molecule has 0 spiro atoms. The minimum absolute atomic E-state index is 0.103. The lowest BCUT2D eigenvalue weighted by atomic mass is 9.99. The van der Waals surface area contributed by atoms with Crippen molar-refractivity contribution < 1.29 is 14.7 Å². The number of amides is 1. The van der Waals surface area contributed by atoms with Crippen LogP contribution in [0, 0.1) is 6.92 Å². The molecule has 0 bridgehead atoms. The quantitative estimate of drug-likeness (QED) is 0.859. The van der Waals surface area contributed by atoms with Crippen molar-refractivity contribution in [2.75, 3.05) is 13.7 Å². The SMILES string of the molecule is CO/N=C1/C[C@@H]([C@@H](C)O)N(C(=O)c2ccc(-c3ccccc3C)cc2)C1. The molecule has 1 amide bonds. The lowest BCUT2D eigenvalue weighted by molar-refractivity contribution is 0.0538. The molecule has 0 saturated carbocycles. The zero-order valence-corrected chi connectivity index (χ0v) is 15.3. The summed E-state index contributed by atoms with van der Waals surface area (Å²) in [5, 5.41) is 14.0. The molecule has 3 rings (SSSR count). The lowest BCUT2D eigenvalue weighted by Crippen LogP contribution is -2.41. The number of hydrogen-bond donors (Lipinski definition) is 1. The molecule has 1 aliphatic rings. The Morgan fingerprint density at radius 3 is 2.54 bits per heavy atom. The highest BCUT2D eigenvalue weighted by Gasteiger charge is 2.36. The van der Waals surface area contributed by atoms with E-state index in [1.165, 1.54) is 12.7 Å². The van der Waals surface area contributed by atoms with E-state index in [-0.39, 0.29) is 11.9 Å². The van der Waals surface area contributed by atoms with E-state index >= 15 is 0 Å². The standard InChI is InChI=1S/C21H24N2O3/c1-14-6-4-5-7-19(14)16-8-10-17(11-9-16)21(25)23-13-18(22-26-3)12-20(23)15(2)24/h4-11,15,20,24H,12-13H2,1-3H3/b22-18-/t15-,20+/m1/s1. The maximum absolute atomic E-state index is 12.9. The van der Waals surface area contributed by atoms with Gasteiger partial charge >= 0.3 is 0 Å². The topological polar surface area (TPSA) is 62.1 Å². The molecule has 1 heterocycles. The number of rotatable bonds is 4. The van der Waals surface area contributed by atoms with Gasteiger partial charge in [-0.1, -0.05) is 41.6 Å². The van der Waals surface area contributed by atoms with Crippen molar-refractivity contribution in [1.29, 1.82) is 0 Å². The van der Waals surface area contributed by atoms with Crippen LogP contribution in [0.5, 0.6) is 0 Å². The molecule has 1 N–H and O–H groups in total. The van der Waals surface area contributed by atoms with Crippen LogP contribution >= 0.6 is 0 Å². The maximum atomic E-state index is 12.9. The fourth-order valence-corrected chi connectivity index (χ4v) is 3.43. The van der Waals surface area contributed by atoms with Crippen molar-refractivity contribution in [3.63, 3.8) is 0 Å². The second kappa shape index (κ2) is 7.70. The normalized spacial score (nSPS) is 19.6. The average molecular weight is 352 g/mol. The summed E-state index contributed by atoms with van der Waals surface area (Å²) in [5.74, 6) is -0.103. The average Bonchev–Trinajstić information content (AvgIpc) is 3.06. The Morgan fingerprint density at radius 1 is 1.23 bits per heavy atom. The number of aliphatic hydroxyl groups is 1. The van der Waals surface area contributed by atoms with Gasteiger partial charge in [-0.25, -0.2) is 0 Å². The van der Waals surface area contributed by atoms with E-state index in [0.29, 0.717) is 18.5 Å². The van der Waals surface area contributed by atoms with E-state index < -0.39 is 6.10 Å². The van der Waals surface area contributed by atoms with Gasteiger partial charge in [0.15, 0.2) is 0 Å². The molecule has 26 heavy (non-hydrogen) atoms. The molecule has 136 valence electrons. The van der Waals surface area contributed by atoms with Gasteiger partial charge in [0.2, 0.25) is 0 Å². The van der Waals surface area contributed by atoms with Gasteiger partial charge in [-0.15, -0.1) is 0 Å². The van der Waals surface area contributed by atoms with Crippen molar-refractivity contribution in [2.45, 2.75) is 32.4 Å². The van der Waals surface area contributed by atoms with Crippen LogP contribution in [-0.2, 0) is 4.84 Å². The molecular weight excluding hydrogens is 328 g/mol. The third-order valence-electron chi connectivity index (χ3n) is 4.82. The van der Waals surface area contributed by atoms with Crippen molar-refractivity contribution >= 4 is 11.6 Å². The largest absolute Gasteiger partial charge is 0.399 e. The van der Waals surface area contributed by atoms with E-state index in [4.69, 9.17) is 4.84 Å². The van der Waals surface area contributed by atoms with Crippen LogP contribution in [0.2, 0.25) is 0 Å². The monoisotopic (exact) mass is 352 g/mol.